The number of aryl methyl sites for hydroxylation is 1. The van der Waals surface area contributed by atoms with Crippen LogP contribution in [0.15, 0.2) is 48.5 Å². The molecule has 0 spiro atoms. The molecule has 1 aromatic heterocycles. The highest BCUT2D eigenvalue weighted by Crippen LogP contribution is 2.40. The summed E-state index contributed by atoms with van der Waals surface area (Å²) in [4.78, 5) is 6.89. The van der Waals surface area contributed by atoms with E-state index in [-0.39, 0.29) is 5.82 Å². The van der Waals surface area contributed by atoms with Crippen LogP contribution in [-0.4, -0.2) is 11.5 Å². The van der Waals surface area contributed by atoms with Crippen molar-refractivity contribution < 1.29 is 4.39 Å². The van der Waals surface area contributed by atoms with Crippen molar-refractivity contribution in [3.8, 4) is 0 Å². The lowest BCUT2D eigenvalue weighted by Gasteiger charge is -2.21. The summed E-state index contributed by atoms with van der Waals surface area (Å²) in [6.07, 6.45) is 0.954. The Kier molecular flexibility index (Phi) is 2.67. The standard InChI is InChI=1S/C18H15FN2/c1-12-15-9-10-21(14-5-3-2-4-6-14)18(15)16-11-13(19)7-8-17(16)20-12/h2-8,11H,9-10H2,1H3. The molecule has 0 amide bonds. The highest BCUT2D eigenvalue weighted by Gasteiger charge is 2.25. The van der Waals surface area contributed by atoms with Gasteiger partial charge in [0.25, 0.3) is 0 Å². The van der Waals surface area contributed by atoms with E-state index in [1.165, 1.54) is 11.6 Å². The van der Waals surface area contributed by atoms with Crippen LogP contribution >= 0.6 is 0 Å². The lowest BCUT2D eigenvalue weighted by molar-refractivity contribution is 0.629. The molecule has 0 atom stereocenters. The molecule has 1 aliphatic heterocycles. The van der Waals surface area contributed by atoms with E-state index in [0.717, 1.165) is 40.9 Å². The maximum absolute atomic E-state index is 13.7. The lowest BCUT2D eigenvalue weighted by atomic mass is 10.1. The van der Waals surface area contributed by atoms with Crippen molar-refractivity contribution in [3.05, 3.63) is 65.6 Å². The summed E-state index contributed by atoms with van der Waals surface area (Å²) in [5.74, 6) is -0.213. The summed E-state index contributed by atoms with van der Waals surface area (Å²) in [5, 5.41) is 0.900. The van der Waals surface area contributed by atoms with E-state index in [9.17, 15) is 4.39 Å². The average molecular weight is 278 g/mol. The van der Waals surface area contributed by atoms with Gasteiger partial charge in [0.2, 0.25) is 0 Å². The Morgan fingerprint density at radius 3 is 2.71 bits per heavy atom. The molecule has 3 aromatic rings. The maximum atomic E-state index is 13.7. The quantitative estimate of drug-likeness (QED) is 0.657. The predicted molar refractivity (Wildman–Crippen MR) is 83.6 cm³/mol. The van der Waals surface area contributed by atoms with Gasteiger partial charge in [-0.1, -0.05) is 18.2 Å². The van der Waals surface area contributed by atoms with Crippen molar-refractivity contribution in [1.82, 2.24) is 4.98 Å². The highest BCUT2D eigenvalue weighted by atomic mass is 19.1. The molecule has 1 aliphatic rings. The molecule has 0 unspecified atom stereocenters. The number of anilines is 2. The van der Waals surface area contributed by atoms with Crippen LogP contribution in [-0.2, 0) is 6.42 Å². The van der Waals surface area contributed by atoms with Crippen LogP contribution in [0.25, 0.3) is 10.9 Å². The first-order valence-corrected chi connectivity index (χ1v) is 7.15. The maximum Gasteiger partial charge on any atom is 0.124 e. The van der Waals surface area contributed by atoms with Gasteiger partial charge in [-0.25, -0.2) is 4.39 Å². The molecule has 2 nitrogen and oxygen atoms in total. The Morgan fingerprint density at radius 2 is 1.90 bits per heavy atom. The largest absolute Gasteiger partial charge is 0.340 e. The SMILES string of the molecule is Cc1nc2ccc(F)cc2c2c1CCN2c1ccccc1. The number of hydrogen-bond acceptors (Lipinski definition) is 2. The summed E-state index contributed by atoms with van der Waals surface area (Å²) in [6.45, 7) is 2.95. The fourth-order valence-corrected chi connectivity index (χ4v) is 3.19. The van der Waals surface area contributed by atoms with Crippen molar-refractivity contribution in [3.63, 3.8) is 0 Å². The van der Waals surface area contributed by atoms with E-state index in [2.05, 4.69) is 22.0 Å². The molecule has 0 N–H and O–H groups in total. The Labute approximate surface area is 122 Å². The number of rotatable bonds is 1. The minimum Gasteiger partial charge on any atom is -0.340 e. The smallest absolute Gasteiger partial charge is 0.124 e. The molecule has 0 fully saturated rings. The molecule has 3 heteroatoms. The van der Waals surface area contributed by atoms with E-state index in [0.29, 0.717) is 0 Å². The molecule has 2 aromatic carbocycles. The number of pyridine rings is 1. The molecule has 0 radical (unpaired) electrons. The van der Waals surface area contributed by atoms with Crippen molar-refractivity contribution in [2.45, 2.75) is 13.3 Å². The fourth-order valence-electron chi connectivity index (χ4n) is 3.19. The Morgan fingerprint density at radius 1 is 1.10 bits per heavy atom. The predicted octanol–water partition coefficient (Wildman–Crippen LogP) is 4.38. The minimum atomic E-state index is -0.213. The first kappa shape index (κ1) is 12.3. The summed E-state index contributed by atoms with van der Waals surface area (Å²) in [7, 11) is 0. The van der Waals surface area contributed by atoms with Gasteiger partial charge in [-0.3, -0.25) is 4.98 Å². The van der Waals surface area contributed by atoms with E-state index < -0.39 is 0 Å². The van der Waals surface area contributed by atoms with Gasteiger partial charge in [0.1, 0.15) is 5.82 Å². The van der Waals surface area contributed by atoms with Crippen LogP contribution in [0.1, 0.15) is 11.3 Å². The zero-order chi connectivity index (χ0) is 14.4. The van der Waals surface area contributed by atoms with Gasteiger partial charge in [0, 0.05) is 23.3 Å². The number of para-hydroxylation sites is 1. The van der Waals surface area contributed by atoms with Gasteiger partial charge in [-0.15, -0.1) is 0 Å². The topological polar surface area (TPSA) is 16.1 Å². The number of fused-ring (bicyclic) bond motifs is 3. The van der Waals surface area contributed by atoms with Crippen LogP contribution in [0.5, 0.6) is 0 Å². The van der Waals surface area contributed by atoms with Gasteiger partial charge in [0.15, 0.2) is 0 Å². The molecule has 4 rings (SSSR count). The minimum absolute atomic E-state index is 0.213. The van der Waals surface area contributed by atoms with E-state index in [1.807, 2.05) is 25.1 Å². The monoisotopic (exact) mass is 278 g/mol. The van der Waals surface area contributed by atoms with Gasteiger partial charge in [-0.2, -0.15) is 0 Å². The molecule has 0 aliphatic carbocycles. The fraction of sp³-hybridized carbons (Fsp3) is 0.167. The van der Waals surface area contributed by atoms with Crippen LogP contribution in [0.4, 0.5) is 15.8 Å². The molecule has 0 saturated carbocycles. The normalized spacial score (nSPS) is 13.7. The van der Waals surface area contributed by atoms with Crippen LogP contribution in [0.2, 0.25) is 0 Å². The third-order valence-electron chi connectivity index (χ3n) is 4.15. The van der Waals surface area contributed by atoms with Crippen molar-refractivity contribution in [2.24, 2.45) is 0 Å². The van der Waals surface area contributed by atoms with Crippen molar-refractivity contribution in [1.29, 1.82) is 0 Å². The van der Waals surface area contributed by atoms with Gasteiger partial charge in [-0.05, 0) is 49.2 Å². The van der Waals surface area contributed by atoms with Crippen LogP contribution in [0.3, 0.4) is 0 Å². The number of aromatic nitrogens is 1. The van der Waals surface area contributed by atoms with E-state index >= 15 is 0 Å². The third kappa shape index (κ3) is 1.88. The van der Waals surface area contributed by atoms with Crippen LogP contribution < -0.4 is 4.90 Å². The first-order valence-electron chi connectivity index (χ1n) is 7.15. The summed E-state index contributed by atoms with van der Waals surface area (Å²) >= 11 is 0. The van der Waals surface area contributed by atoms with Crippen LogP contribution in [0, 0.1) is 12.7 Å². The molecule has 21 heavy (non-hydrogen) atoms. The van der Waals surface area contributed by atoms with Crippen molar-refractivity contribution in [2.75, 3.05) is 11.4 Å². The third-order valence-corrected chi connectivity index (χ3v) is 4.15. The van der Waals surface area contributed by atoms with Crippen molar-refractivity contribution >= 4 is 22.3 Å². The second-order valence-corrected chi connectivity index (χ2v) is 5.42. The molecular weight excluding hydrogens is 263 g/mol. The Balaban J connectivity index is 2.02. The Hall–Kier alpha value is -2.42. The number of benzene rings is 2. The van der Waals surface area contributed by atoms with Gasteiger partial charge in [0.05, 0.1) is 11.2 Å². The zero-order valence-corrected chi connectivity index (χ0v) is 11.8. The second kappa shape index (κ2) is 4.55. The average Bonchev–Trinajstić information content (AvgIpc) is 2.95. The molecule has 0 saturated heterocycles. The van der Waals surface area contributed by atoms with E-state index in [4.69, 9.17) is 0 Å². The molecular formula is C18H15FN2. The van der Waals surface area contributed by atoms with Gasteiger partial charge < -0.3 is 4.90 Å². The summed E-state index contributed by atoms with van der Waals surface area (Å²) in [6, 6.07) is 15.1. The second-order valence-electron chi connectivity index (χ2n) is 5.42. The first-order chi connectivity index (χ1) is 10.2. The molecule has 104 valence electrons. The molecule has 0 bridgehead atoms. The zero-order valence-electron chi connectivity index (χ0n) is 11.8. The highest BCUT2D eigenvalue weighted by molar-refractivity contribution is 5.97. The molecule has 2 heterocycles. The summed E-state index contributed by atoms with van der Waals surface area (Å²) in [5.41, 5.74) is 5.39. The summed E-state index contributed by atoms with van der Waals surface area (Å²) < 4.78 is 13.7. The lowest BCUT2D eigenvalue weighted by Crippen LogP contribution is -2.13. The number of hydrogen-bond donors (Lipinski definition) is 0. The number of nitrogens with zero attached hydrogens (tertiary/aromatic N) is 2. The van der Waals surface area contributed by atoms with E-state index in [1.54, 1.807) is 12.1 Å². The number of halogens is 1. The Bertz CT molecular complexity index is 827. The van der Waals surface area contributed by atoms with Gasteiger partial charge >= 0.3 is 0 Å².